The standard InChI is InChI=1S/C17H27N3O3/c1-5-18-15(21)13-8-6-9-14(12-13)19-10-7-11-20-16(22)23-17(2,3)4/h6,8-9,12,19H,5,7,10-11H2,1-4H3,(H,18,21)(H,20,22). The van der Waals surface area contributed by atoms with Crippen LogP contribution in [0.5, 0.6) is 0 Å². The average molecular weight is 321 g/mol. The topological polar surface area (TPSA) is 79.5 Å². The van der Waals surface area contributed by atoms with E-state index in [9.17, 15) is 9.59 Å². The molecule has 0 atom stereocenters. The van der Waals surface area contributed by atoms with Crippen molar-refractivity contribution < 1.29 is 14.3 Å². The van der Waals surface area contributed by atoms with E-state index in [0.29, 0.717) is 25.2 Å². The molecule has 0 unspecified atom stereocenters. The summed E-state index contributed by atoms with van der Waals surface area (Å²) in [5.41, 5.74) is 1.02. The van der Waals surface area contributed by atoms with Crippen LogP contribution in [0.3, 0.4) is 0 Å². The van der Waals surface area contributed by atoms with Gasteiger partial charge < -0.3 is 20.7 Å². The summed E-state index contributed by atoms with van der Waals surface area (Å²) in [6.45, 7) is 9.19. The van der Waals surface area contributed by atoms with Crippen molar-refractivity contribution in [2.75, 3.05) is 25.0 Å². The molecule has 1 rings (SSSR count). The third-order valence-electron chi connectivity index (χ3n) is 2.81. The molecule has 0 fully saturated rings. The van der Waals surface area contributed by atoms with Crippen LogP contribution in [0.2, 0.25) is 0 Å². The Kier molecular flexibility index (Phi) is 7.38. The van der Waals surface area contributed by atoms with E-state index in [4.69, 9.17) is 4.74 Å². The number of anilines is 1. The lowest BCUT2D eigenvalue weighted by Gasteiger charge is -2.19. The first-order valence-corrected chi connectivity index (χ1v) is 7.91. The normalized spacial score (nSPS) is 10.8. The molecule has 0 aromatic heterocycles. The maximum atomic E-state index is 11.8. The van der Waals surface area contributed by atoms with Crippen molar-refractivity contribution in [3.63, 3.8) is 0 Å². The van der Waals surface area contributed by atoms with Gasteiger partial charge in [-0.1, -0.05) is 6.07 Å². The molecule has 1 aromatic rings. The fourth-order valence-corrected chi connectivity index (χ4v) is 1.86. The molecular formula is C17H27N3O3. The van der Waals surface area contributed by atoms with Crippen LogP contribution in [0.1, 0.15) is 44.5 Å². The van der Waals surface area contributed by atoms with Gasteiger partial charge in [-0.25, -0.2) is 4.79 Å². The van der Waals surface area contributed by atoms with Gasteiger partial charge in [0, 0.05) is 30.9 Å². The molecule has 0 bridgehead atoms. The minimum Gasteiger partial charge on any atom is -0.444 e. The molecule has 0 aliphatic heterocycles. The summed E-state index contributed by atoms with van der Waals surface area (Å²) < 4.78 is 5.15. The quantitative estimate of drug-likeness (QED) is 0.675. The lowest BCUT2D eigenvalue weighted by atomic mass is 10.2. The number of carbonyl (C=O) groups is 2. The van der Waals surface area contributed by atoms with E-state index >= 15 is 0 Å². The second kappa shape index (κ2) is 9.02. The van der Waals surface area contributed by atoms with Crippen molar-refractivity contribution in [1.82, 2.24) is 10.6 Å². The molecule has 0 aliphatic rings. The van der Waals surface area contributed by atoms with Gasteiger partial charge in [-0.2, -0.15) is 0 Å². The Morgan fingerprint density at radius 2 is 1.87 bits per heavy atom. The van der Waals surface area contributed by atoms with Crippen LogP contribution in [0.25, 0.3) is 0 Å². The van der Waals surface area contributed by atoms with Crippen LogP contribution < -0.4 is 16.0 Å². The number of benzene rings is 1. The summed E-state index contributed by atoms with van der Waals surface area (Å²) in [5.74, 6) is -0.0808. The number of ether oxygens (including phenoxy) is 1. The Hall–Kier alpha value is -2.24. The molecule has 6 nitrogen and oxygen atoms in total. The van der Waals surface area contributed by atoms with Crippen molar-refractivity contribution >= 4 is 17.7 Å². The number of amides is 2. The molecule has 0 aliphatic carbocycles. The van der Waals surface area contributed by atoms with Gasteiger partial charge in [-0.15, -0.1) is 0 Å². The van der Waals surface area contributed by atoms with Gasteiger partial charge in [0.05, 0.1) is 0 Å². The van der Waals surface area contributed by atoms with E-state index in [2.05, 4.69) is 16.0 Å². The van der Waals surface area contributed by atoms with Gasteiger partial charge in [0.25, 0.3) is 5.91 Å². The molecule has 6 heteroatoms. The molecule has 0 heterocycles. The predicted octanol–water partition coefficient (Wildman–Crippen LogP) is 2.76. The molecule has 128 valence electrons. The fraction of sp³-hybridized carbons (Fsp3) is 0.529. The van der Waals surface area contributed by atoms with Gasteiger partial charge in [-0.05, 0) is 52.3 Å². The zero-order valence-electron chi connectivity index (χ0n) is 14.4. The summed E-state index contributed by atoms with van der Waals surface area (Å²) in [5, 5.41) is 8.71. The first kappa shape index (κ1) is 18.8. The highest BCUT2D eigenvalue weighted by Gasteiger charge is 2.15. The molecule has 3 N–H and O–H groups in total. The Balaban J connectivity index is 2.30. The van der Waals surface area contributed by atoms with Crippen LogP contribution in [0.15, 0.2) is 24.3 Å². The molecule has 0 saturated carbocycles. The Morgan fingerprint density at radius 3 is 2.52 bits per heavy atom. The third kappa shape index (κ3) is 8.09. The smallest absolute Gasteiger partial charge is 0.407 e. The predicted molar refractivity (Wildman–Crippen MR) is 91.8 cm³/mol. The van der Waals surface area contributed by atoms with E-state index < -0.39 is 11.7 Å². The number of nitrogens with one attached hydrogen (secondary N) is 3. The Labute approximate surface area is 138 Å². The summed E-state index contributed by atoms with van der Waals surface area (Å²) in [6.07, 6.45) is 0.348. The maximum Gasteiger partial charge on any atom is 0.407 e. The highest BCUT2D eigenvalue weighted by molar-refractivity contribution is 5.95. The lowest BCUT2D eigenvalue weighted by Crippen LogP contribution is -2.33. The minimum absolute atomic E-state index is 0.0808. The number of alkyl carbamates (subject to hydrolysis) is 1. The average Bonchev–Trinajstić information content (AvgIpc) is 2.45. The first-order chi connectivity index (χ1) is 10.8. The van der Waals surface area contributed by atoms with E-state index in [1.165, 1.54) is 0 Å². The lowest BCUT2D eigenvalue weighted by molar-refractivity contribution is 0.0527. The number of carbonyl (C=O) groups excluding carboxylic acids is 2. The molecule has 0 saturated heterocycles. The van der Waals surface area contributed by atoms with Crippen molar-refractivity contribution in [1.29, 1.82) is 0 Å². The highest BCUT2D eigenvalue weighted by atomic mass is 16.6. The van der Waals surface area contributed by atoms with Gasteiger partial charge in [0.15, 0.2) is 0 Å². The highest BCUT2D eigenvalue weighted by Crippen LogP contribution is 2.10. The monoisotopic (exact) mass is 321 g/mol. The second-order valence-electron chi connectivity index (χ2n) is 6.15. The van der Waals surface area contributed by atoms with Gasteiger partial charge in [-0.3, -0.25) is 4.79 Å². The van der Waals surface area contributed by atoms with Gasteiger partial charge >= 0.3 is 6.09 Å². The van der Waals surface area contributed by atoms with E-state index in [0.717, 1.165) is 12.1 Å². The maximum absolute atomic E-state index is 11.8. The summed E-state index contributed by atoms with van der Waals surface area (Å²) in [7, 11) is 0. The molecule has 23 heavy (non-hydrogen) atoms. The molecule has 1 aromatic carbocycles. The number of hydrogen-bond acceptors (Lipinski definition) is 4. The zero-order valence-corrected chi connectivity index (χ0v) is 14.4. The van der Waals surface area contributed by atoms with Crippen molar-refractivity contribution in [3.8, 4) is 0 Å². The Bertz CT molecular complexity index is 524. The van der Waals surface area contributed by atoms with Gasteiger partial charge in [0.2, 0.25) is 0 Å². The third-order valence-corrected chi connectivity index (χ3v) is 2.81. The molecular weight excluding hydrogens is 294 g/mol. The van der Waals surface area contributed by atoms with Crippen LogP contribution >= 0.6 is 0 Å². The van der Waals surface area contributed by atoms with E-state index in [1.807, 2.05) is 45.9 Å². The van der Waals surface area contributed by atoms with Crippen LogP contribution in [0, 0.1) is 0 Å². The Morgan fingerprint density at radius 1 is 1.13 bits per heavy atom. The van der Waals surface area contributed by atoms with E-state index in [1.54, 1.807) is 6.07 Å². The van der Waals surface area contributed by atoms with Crippen LogP contribution in [-0.2, 0) is 4.74 Å². The van der Waals surface area contributed by atoms with Crippen LogP contribution in [-0.4, -0.2) is 37.2 Å². The molecule has 2 amide bonds. The minimum atomic E-state index is -0.484. The largest absolute Gasteiger partial charge is 0.444 e. The van der Waals surface area contributed by atoms with E-state index in [-0.39, 0.29) is 5.91 Å². The van der Waals surface area contributed by atoms with Gasteiger partial charge in [0.1, 0.15) is 5.60 Å². The van der Waals surface area contributed by atoms with Crippen LogP contribution in [0.4, 0.5) is 10.5 Å². The summed E-state index contributed by atoms with van der Waals surface area (Å²) >= 11 is 0. The molecule has 0 radical (unpaired) electrons. The fourth-order valence-electron chi connectivity index (χ4n) is 1.86. The SMILES string of the molecule is CCNC(=O)c1cccc(NCCCNC(=O)OC(C)(C)C)c1. The molecule has 0 spiro atoms. The van der Waals surface area contributed by atoms with Crippen molar-refractivity contribution in [2.45, 2.75) is 39.7 Å². The van der Waals surface area contributed by atoms with Crippen molar-refractivity contribution in [2.24, 2.45) is 0 Å². The number of rotatable bonds is 7. The summed E-state index contributed by atoms with van der Waals surface area (Å²) in [6, 6.07) is 7.34. The first-order valence-electron chi connectivity index (χ1n) is 7.91. The van der Waals surface area contributed by atoms with Crippen molar-refractivity contribution in [3.05, 3.63) is 29.8 Å². The number of hydrogen-bond donors (Lipinski definition) is 3. The second-order valence-corrected chi connectivity index (χ2v) is 6.15. The zero-order chi connectivity index (χ0) is 17.3. The summed E-state index contributed by atoms with van der Waals surface area (Å²) in [4.78, 5) is 23.2.